The average Bonchev–Trinajstić information content (AvgIpc) is 2.64. The van der Waals surface area contributed by atoms with Gasteiger partial charge in [-0.1, -0.05) is 26.0 Å². The molecule has 1 aromatic rings. The van der Waals surface area contributed by atoms with Crippen LogP contribution in [0.4, 0.5) is 4.79 Å². The van der Waals surface area contributed by atoms with Gasteiger partial charge in [-0.2, -0.15) is 5.26 Å². The van der Waals surface area contributed by atoms with Crippen LogP contribution in [0.3, 0.4) is 0 Å². The number of methoxy groups -OCH3 is 1. The lowest BCUT2D eigenvalue weighted by Gasteiger charge is -2.08. The summed E-state index contributed by atoms with van der Waals surface area (Å²) in [6.07, 6.45) is 2.10. The summed E-state index contributed by atoms with van der Waals surface area (Å²) in [5, 5.41) is 13.7. The Kier molecular flexibility index (Phi) is 9.09. The Morgan fingerprint density at radius 1 is 1.30 bits per heavy atom. The van der Waals surface area contributed by atoms with E-state index in [1.807, 2.05) is 19.2 Å². The highest BCUT2D eigenvalue weighted by Crippen LogP contribution is 2.15. The van der Waals surface area contributed by atoms with Crippen LogP contribution in [-0.4, -0.2) is 38.2 Å². The van der Waals surface area contributed by atoms with E-state index < -0.39 is 24.5 Å². The van der Waals surface area contributed by atoms with Gasteiger partial charge in [0.25, 0.3) is 5.91 Å². The van der Waals surface area contributed by atoms with Gasteiger partial charge in [0.05, 0.1) is 7.11 Å². The van der Waals surface area contributed by atoms with Gasteiger partial charge in [0.2, 0.25) is 0 Å². The molecule has 0 aliphatic rings. The molecule has 0 unspecified atom stereocenters. The maximum absolute atomic E-state index is 11.9. The second kappa shape index (κ2) is 11.3. The number of nitrogens with one attached hydrogen (secondary N) is 2. The summed E-state index contributed by atoms with van der Waals surface area (Å²) in [5.41, 5.74) is 0.286. The first-order valence-corrected chi connectivity index (χ1v) is 8.36. The molecule has 0 saturated heterocycles. The van der Waals surface area contributed by atoms with Crippen LogP contribution in [0.5, 0.6) is 5.75 Å². The topological polar surface area (TPSA) is 118 Å². The fraction of sp³-hybridized carbons (Fsp3) is 0.368. The van der Waals surface area contributed by atoms with Gasteiger partial charge >= 0.3 is 12.0 Å². The van der Waals surface area contributed by atoms with Crippen LogP contribution in [-0.2, 0) is 14.3 Å². The number of carbonyl (C=O) groups excluding carboxylic acids is 3. The van der Waals surface area contributed by atoms with Gasteiger partial charge in [0, 0.05) is 6.54 Å². The Hall–Kier alpha value is -3.34. The predicted molar refractivity (Wildman–Crippen MR) is 98.5 cm³/mol. The first kappa shape index (κ1) is 21.7. The van der Waals surface area contributed by atoms with E-state index in [1.165, 1.54) is 13.2 Å². The molecule has 0 spiro atoms. The molecule has 0 aliphatic heterocycles. The number of hydrogen-bond donors (Lipinski definition) is 2. The van der Waals surface area contributed by atoms with Crippen molar-refractivity contribution in [1.82, 2.24) is 10.6 Å². The number of nitriles is 1. The van der Waals surface area contributed by atoms with Crippen LogP contribution in [0.25, 0.3) is 6.08 Å². The smallest absolute Gasteiger partial charge is 0.349 e. The van der Waals surface area contributed by atoms with Crippen molar-refractivity contribution in [3.05, 3.63) is 35.4 Å². The molecule has 1 aromatic carbocycles. The molecule has 8 heteroatoms. The maximum atomic E-state index is 11.9. The predicted octanol–water partition coefficient (Wildman–Crippen LogP) is 2.02. The highest BCUT2D eigenvalue weighted by atomic mass is 16.5. The Labute approximate surface area is 158 Å². The summed E-state index contributed by atoms with van der Waals surface area (Å²) in [7, 11) is 1.50. The van der Waals surface area contributed by atoms with E-state index in [0.717, 1.165) is 6.42 Å². The van der Waals surface area contributed by atoms with E-state index in [1.54, 1.807) is 30.3 Å². The number of amides is 3. The molecule has 8 nitrogen and oxygen atoms in total. The molecule has 2 N–H and O–H groups in total. The molecule has 0 aromatic heterocycles. The van der Waals surface area contributed by atoms with Crippen LogP contribution in [0.15, 0.2) is 29.8 Å². The summed E-state index contributed by atoms with van der Waals surface area (Å²) in [6, 6.07) is 7.81. The van der Waals surface area contributed by atoms with Crippen molar-refractivity contribution in [3.8, 4) is 11.8 Å². The third-order valence-corrected chi connectivity index (χ3v) is 3.34. The fourth-order valence-corrected chi connectivity index (χ4v) is 1.92. The maximum Gasteiger partial charge on any atom is 0.349 e. The zero-order valence-electron chi connectivity index (χ0n) is 15.6. The number of imide groups is 1. The van der Waals surface area contributed by atoms with Gasteiger partial charge in [-0.15, -0.1) is 0 Å². The molecule has 0 atom stereocenters. The molecule has 0 bridgehead atoms. The molecule has 144 valence electrons. The number of nitrogens with zero attached hydrogens (tertiary/aromatic N) is 1. The molecule has 0 radical (unpaired) electrons. The molecule has 0 fully saturated rings. The first-order chi connectivity index (χ1) is 12.8. The third kappa shape index (κ3) is 8.54. The summed E-state index contributed by atoms with van der Waals surface area (Å²) in [4.78, 5) is 35.1. The number of rotatable bonds is 8. The lowest BCUT2D eigenvalue weighted by molar-refractivity contribution is -0.144. The molecule has 27 heavy (non-hydrogen) atoms. The Morgan fingerprint density at radius 2 is 2.04 bits per heavy atom. The second-order valence-electron chi connectivity index (χ2n) is 6.01. The average molecular weight is 373 g/mol. The molecule has 0 heterocycles. The van der Waals surface area contributed by atoms with Gasteiger partial charge in [-0.3, -0.25) is 10.1 Å². The quantitative estimate of drug-likeness (QED) is 0.409. The van der Waals surface area contributed by atoms with Gasteiger partial charge in [-0.25, -0.2) is 9.59 Å². The largest absolute Gasteiger partial charge is 0.497 e. The second-order valence-corrected chi connectivity index (χ2v) is 6.01. The van der Waals surface area contributed by atoms with E-state index in [2.05, 4.69) is 5.32 Å². The summed E-state index contributed by atoms with van der Waals surface area (Å²) < 4.78 is 9.84. The Balaban J connectivity index is 2.53. The zero-order valence-corrected chi connectivity index (χ0v) is 15.6. The van der Waals surface area contributed by atoms with Crippen LogP contribution in [0.1, 0.15) is 25.8 Å². The number of hydrogen-bond acceptors (Lipinski definition) is 6. The van der Waals surface area contributed by atoms with Crippen LogP contribution in [0.2, 0.25) is 0 Å². The SMILES string of the molecule is COc1cccc(/C=C(\C#N)C(=O)OCC(=O)NC(=O)NCCC(C)C)c1. The normalized spacial score (nSPS) is 10.7. The van der Waals surface area contributed by atoms with Gasteiger partial charge in [0.15, 0.2) is 6.61 Å². The van der Waals surface area contributed by atoms with E-state index in [9.17, 15) is 14.4 Å². The zero-order chi connectivity index (χ0) is 20.2. The van der Waals surface area contributed by atoms with Crippen molar-refractivity contribution >= 4 is 24.0 Å². The minimum atomic E-state index is -0.962. The summed E-state index contributed by atoms with van der Waals surface area (Å²) in [6.45, 7) is 3.78. The van der Waals surface area contributed by atoms with E-state index in [0.29, 0.717) is 23.8 Å². The number of esters is 1. The van der Waals surface area contributed by atoms with Crippen molar-refractivity contribution in [2.75, 3.05) is 20.3 Å². The van der Waals surface area contributed by atoms with E-state index in [-0.39, 0.29) is 5.57 Å². The van der Waals surface area contributed by atoms with Crippen molar-refractivity contribution in [1.29, 1.82) is 5.26 Å². The van der Waals surface area contributed by atoms with Crippen molar-refractivity contribution in [2.24, 2.45) is 5.92 Å². The van der Waals surface area contributed by atoms with E-state index >= 15 is 0 Å². The van der Waals surface area contributed by atoms with Gasteiger partial charge < -0.3 is 14.8 Å². The Bertz CT molecular complexity index is 750. The number of ether oxygens (including phenoxy) is 2. The highest BCUT2D eigenvalue weighted by molar-refractivity contribution is 6.00. The third-order valence-electron chi connectivity index (χ3n) is 3.34. The summed E-state index contributed by atoms with van der Waals surface area (Å²) >= 11 is 0. The minimum Gasteiger partial charge on any atom is -0.497 e. The minimum absolute atomic E-state index is 0.280. The van der Waals surface area contributed by atoms with Crippen LogP contribution >= 0.6 is 0 Å². The van der Waals surface area contributed by atoms with Crippen molar-refractivity contribution in [2.45, 2.75) is 20.3 Å². The lowest BCUT2D eigenvalue weighted by Crippen LogP contribution is -2.42. The molecule has 3 amide bonds. The van der Waals surface area contributed by atoms with E-state index in [4.69, 9.17) is 14.7 Å². The van der Waals surface area contributed by atoms with Crippen molar-refractivity contribution in [3.63, 3.8) is 0 Å². The van der Waals surface area contributed by atoms with Crippen LogP contribution in [0, 0.1) is 17.2 Å². The van der Waals surface area contributed by atoms with Crippen molar-refractivity contribution < 1.29 is 23.9 Å². The number of carbonyl (C=O) groups is 3. The Morgan fingerprint density at radius 3 is 2.67 bits per heavy atom. The van der Waals surface area contributed by atoms with Gasteiger partial charge in [-0.05, 0) is 36.1 Å². The monoisotopic (exact) mass is 373 g/mol. The van der Waals surface area contributed by atoms with Crippen LogP contribution < -0.4 is 15.4 Å². The number of benzene rings is 1. The molecule has 0 aliphatic carbocycles. The fourth-order valence-electron chi connectivity index (χ4n) is 1.92. The number of urea groups is 1. The standard InChI is InChI=1S/C19H23N3O5/c1-13(2)7-8-21-19(25)22-17(23)12-27-18(24)15(11-20)9-14-5-4-6-16(10-14)26-3/h4-6,9-10,13H,7-8,12H2,1-3H3,(H2,21,22,23,25)/b15-9+. The molecule has 0 saturated carbocycles. The molecular formula is C19H23N3O5. The lowest BCUT2D eigenvalue weighted by atomic mass is 10.1. The first-order valence-electron chi connectivity index (χ1n) is 8.36. The molecular weight excluding hydrogens is 350 g/mol. The summed E-state index contributed by atoms with van der Waals surface area (Å²) in [5.74, 6) is -0.764. The van der Waals surface area contributed by atoms with Gasteiger partial charge in [0.1, 0.15) is 17.4 Å². The molecule has 1 rings (SSSR count). The highest BCUT2D eigenvalue weighted by Gasteiger charge is 2.14.